The van der Waals surface area contributed by atoms with Crippen molar-refractivity contribution in [2.75, 3.05) is 23.1 Å². The Kier molecular flexibility index (Phi) is 2.77. The van der Waals surface area contributed by atoms with Crippen LogP contribution >= 0.6 is 11.6 Å². The predicted molar refractivity (Wildman–Crippen MR) is 59.8 cm³/mol. The molecular weight excluding hydrogens is 214 g/mol. The molecule has 4 nitrogen and oxygen atoms in total. The van der Waals surface area contributed by atoms with Crippen LogP contribution in [0.1, 0.15) is 6.42 Å². The molecule has 1 saturated heterocycles. The van der Waals surface area contributed by atoms with Crippen molar-refractivity contribution in [2.24, 2.45) is 5.92 Å². The summed E-state index contributed by atoms with van der Waals surface area (Å²) in [6, 6.07) is 3.49. The Labute approximate surface area is 93.0 Å². The first-order valence-corrected chi connectivity index (χ1v) is 5.32. The number of nitrogens with two attached hydrogens (primary N) is 1. The third-order valence-electron chi connectivity index (χ3n) is 2.50. The van der Waals surface area contributed by atoms with Gasteiger partial charge in [0.15, 0.2) is 5.82 Å². The Balaban J connectivity index is 2.25. The topological polar surface area (TPSA) is 59.2 Å². The summed E-state index contributed by atoms with van der Waals surface area (Å²) in [4.78, 5) is 17.4. The van der Waals surface area contributed by atoms with Gasteiger partial charge in [-0.15, -0.1) is 11.6 Å². The molecule has 0 spiro atoms. The fourth-order valence-corrected chi connectivity index (χ4v) is 1.93. The third-order valence-corrected chi connectivity index (χ3v) is 2.93. The molecule has 0 bridgehead atoms. The van der Waals surface area contributed by atoms with E-state index in [9.17, 15) is 4.79 Å². The van der Waals surface area contributed by atoms with Crippen molar-refractivity contribution in [2.45, 2.75) is 6.42 Å². The van der Waals surface area contributed by atoms with Gasteiger partial charge in [-0.25, -0.2) is 4.98 Å². The molecule has 0 saturated carbocycles. The molecule has 1 aliphatic heterocycles. The lowest BCUT2D eigenvalue weighted by atomic mass is 10.1. The molecule has 1 unspecified atom stereocenters. The van der Waals surface area contributed by atoms with Crippen molar-refractivity contribution < 1.29 is 4.79 Å². The molecular formula is C10H12ClN3O. The molecule has 80 valence electrons. The van der Waals surface area contributed by atoms with Gasteiger partial charge in [0.25, 0.3) is 0 Å². The summed E-state index contributed by atoms with van der Waals surface area (Å²) in [5, 5.41) is 0. The lowest BCUT2D eigenvalue weighted by Gasteiger charge is -2.16. The van der Waals surface area contributed by atoms with E-state index in [1.165, 1.54) is 0 Å². The number of rotatable bonds is 2. The van der Waals surface area contributed by atoms with Crippen molar-refractivity contribution in [3.8, 4) is 0 Å². The Hall–Kier alpha value is -1.29. The molecule has 2 heterocycles. The van der Waals surface area contributed by atoms with Gasteiger partial charge in [0, 0.05) is 25.0 Å². The number of anilines is 2. The van der Waals surface area contributed by atoms with Gasteiger partial charge >= 0.3 is 0 Å². The Morgan fingerprint density at radius 3 is 3.07 bits per heavy atom. The lowest BCUT2D eigenvalue weighted by molar-refractivity contribution is -0.117. The average molecular weight is 226 g/mol. The summed E-state index contributed by atoms with van der Waals surface area (Å²) in [5.41, 5.74) is 6.29. The van der Waals surface area contributed by atoms with Gasteiger partial charge < -0.3 is 5.73 Å². The quantitative estimate of drug-likeness (QED) is 0.771. The second-order valence-electron chi connectivity index (χ2n) is 3.65. The average Bonchev–Trinajstić information content (AvgIpc) is 2.60. The highest BCUT2D eigenvalue weighted by atomic mass is 35.5. The van der Waals surface area contributed by atoms with E-state index in [4.69, 9.17) is 17.3 Å². The maximum atomic E-state index is 11.7. The molecule has 2 N–H and O–H groups in total. The van der Waals surface area contributed by atoms with Crippen LogP contribution in [0.5, 0.6) is 0 Å². The zero-order valence-electron chi connectivity index (χ0n) is 8.19. The number of hydrogen-bond donors (Lipinski definition) is 1. The van der Waals surface area contributed by atoms with Gasteiger partial charge in [-0.05, 0) is 18.1 Å². The molecule has 1 aliphatic rings. The number of amides is 1. The number of pyridine rings is 1. The van der Waals surface area contributed by atoms with Crippen molar-refractivity contribution in [1.82, 2.24) is 4.98 Å². The summed E-state index contributed by atoms with van der Waals surface area (Å²) >= 11 is 5.74. The van der Waals surface area contributed by atoms with Crippen molar-refractivity contribution in [3.63, 3.8) is 0 Å². The number of carbonyl (C=O) groups is 1. The Morgan fingerprint density at radius 1 is 1.67 bits per heavy atom. The molecule has 2 rings (SSSR count). The normalized spacial score (nSPS) is 21.0. The van der Waals surface area contributed by atoms with E-state index < -0.39 is 0 Å². The number of carbonyl (C=O) groups excluding carboxylic acids is 1. The van der Waals surface area contributed by atoms with E-state index >= 15 is 0 Å². The smallest absolute Gasteiger partial charge is 0.228 e. The maximum Gasteiger partial charge on any atom is 0.228 e. The van der Waals surface area contributed by atoms with E-state index in [0.29, 0.717) is 30.4 Å². The third kappa shape index (κ3) is 1.90. The van der Waals surface area contributed by atoms with Crippen LogP contribution in [0.2, 0.25) is 0 Å². The predicted octanol–water partition coefficient (Wildman–Crippen LogP) is 1.26. The van der Waals surface area contributed by atoms with Crippen LogP contribution in [0.4, 0.5) is 11.5 Å². The van der Waals surface area contributed by atoms with E-state index in [2.05, 4.69) is 4.98 Å². The van der Waals surface area contributed by atoms with Gasteiger partial charge in [-0.1, -0.05) is 0 Å². The zero-order valence-corrected chi connectivity index (χ0v) is 8.94. The standard InChI is InChI=1S/C10H12ClN3O/c11-5-7-4-9(15)14(6-7)10-8(12)2-1-3-13-10/h1-3,7H,4-6,12H2. The number of nitrogens with zero attached hydrogens (tertiary/aromatic N) is 2. The number of alkyl halides is 1. The molecule has 0 aromatic carbocycles. The SMILES string of the molecule is Nc1cccnc1N1CC(CCl)CC1=O. The van der Waals surface area contributed by atoms with Crippen LogP contribution in [-0.2, 0) is 4.79 Å². The second kappa shape index (κ2) is 4.06. The van der Waals surface area contributed by atoms with Gasteiger partial charge in [0.05, 0.1) is 5.69 Å². The molecule has 1 amide bonds. The van der Waals surface area contributed by atoms with Gasteiger partial charge in [0.2, 0.25) is 5.91 Å². The first-order chi connectivity index (χ1) is 7.22. The number of hydrogen-bond acceptors (Lipinski definition) is 3. The van der Waals surface area contributed by atoms with Crippen molar-refractivity contribution >= 4 is 29.0 Å². The van der Waals surface area contributed by atoms with Crippen LogP contribution in [0.15, 0.2) is 18.3 Å². The molecule has 0 aliphatic carbocycles. The fraction of sp³-hybridized carbons (Fsp3) is 0.400. The van der Waals surface area contributed by atoms with Crippen LogP contribution in [0.25, 0.3) is 0 Å². The van der Waals surface area contributed by atoms with Crippen molar-refractivity contribution in [1.29, 1.82) is 0 Å². The highest BCUT2D eigenvalue weighted by Gasteiger charge is 2.31. The summed E-state index contributed by atoms with van der Waals surface area (Å²) < 4.78 is 0. The fourth-order valence-electron chi connectivity index (χ4n) is 1.72. The minimum Gasteiger partial charge on any atom is -0.396 e. The molecule has 1 aromatic heterocycles. The zero-order chi connectivity index (χ0) is 10.8. The maximum absolute atomic E-state index is 11.7. The lowest BCUT2D eigenvalue weighted by Crippen LogP contribution is -2.26. The van der Waals surface area contributed by atoms with E-state index in [-0.39, 0.29) is 11.8 Å². The Bertz CT molecular complexity index is 383. The van der Waals surface area contributed by atoms with Gasteiger partial charge in [-0.2, -0.15) is 0 Å². The van der Waals surface area contributed by atoms with Crippen molar-refractivity contribution in [3.05, 3.63) is 18.3 Å². The highest BCUT2D eigenvalue weighted by molar-refractivity contribution is 6.18. The monoisotopic (exact) mass is 225 g/mol. The van der Waals surface area contributed by atoms with Crippen LogP contribution < -0.4 is 10.6 Å². The van der Waals surface area contributed by atoms with E-state index in [1.54, 1.807) is 23.2 Å². The van der Waals surface area contributed by atoms with Gasteiger partial charge in [0.1, 0.15) is 0 Å². The summed E-state index contributed by atoms with van der Waals surface area (Å²) in [5.74, 6) is 1.30. The first kappa shape index (κ1) is 10.2. The van der Waals surface area contributed by atoms with Crippen LogP contribution in [0.3, 0.4) is 0 Å². The van der Waals surface area contributed by atoms with E-state index in [1.807, 2.05) is 0 Å². The van der Waals surface area contributed by atoms with E-state index in [0.717, 1.165) is 0 Å². The van der Waals surface area contributed by atoms with Crippen LogP contribution in [-0.4, -0.2) is 23.3 Å². The minimum atomic E-state index is 0.0473. The second-order valence-corrected chi connectivity index (χ2v) is 3.95. The largest absolute Gasteiger partial charge is 0.396 e. The van der Waals surface area contributed by atoms with Gasteiger partial charge in [-0.3, -0.25) is 9.69 Å². The number of aromatic nitrogens is 1. The summed E-state index contributed by atoms with van der Waals surface area (Å²) in [7, 11) is 0. The van der Waals surface area contributed by atoms with Crippen LogP contribution in [0, 0.1) is 5.92 Å². The molecule has 1 fully saturated rings. The summed E-state index contributed by atoms with van der Waals surface area (Å²) in [6.45, 7) is 0.615. The molecule has 1 atom stereocenters. The minimum absolute atomic E-state index is 0.0473. The molecule has 15 heavy (non-hydrogen) atoms. The molecule has 0 radical (unpaired) electrons. The highest BCUT2D eigenvalue weighted by Crippen LogP contribution is 2.27. The Morgan fingerprint density at radius 2 is 2.47 bits per heavy atom. The molecule has 5 heteroatoms. The number of nitrogen functional groups attached to an aromatic ring is 1. The first-order valence-electron chi connectivity index (χ1n) is 4.79. The summed E-state index contributed by atoms with van der Waals surface area (Å²) in [6.07, 6.45) is 2.12. The number of halogens is 1. The molecule has 1 aromatic rings.